The van der Waals surface area contributed by atoms with Crippen molar-refractivity contribution in [1.82, 2.24) is 4.98 Å². The minimum absolute atomic E-state index is 0.212. The van der Waals surface area contributed by atoms with Gasteiger partial charge in [-0.05, 0) is 29.8 Å². The van der Waals surface area contributed by atoms with Gasteiger partial charge in [0.1, 0.15) is 17.4 Å². The monoisotopic (exact) mass is 268 g/mol. The highest BCUT2D eigenvalue weighted by atomic mass is 16.5. The van der Waals surface area contributed by atoms with Crippen LogP contribution in [0.15, 0.2) is 42.6 Å². The number of ether oxygens (including phenoxy) is 2. The number of aromatic nitrogens is 1. The molecule has 2 rings (SSSR count). The molecule has 0 aliphatic carbocycles. The van der Waals surface area contributed by atoms with E-state index >= 15 is 0 Å². The predicted octanol–water partition coefficient (Wildman–Crippen LogP) is 2.46. The molecule has 0 saturated heterocycles. The highest BCUT2D eigenvalue weighted by Crippen LogP contribution is 2.22. The number of esters is 1. The molecule has 0 amide bonds. The third-order valence-electron chi connectivity index (χ3n) is 2.61. The summed E-state index contributed by atoms with van der Waals surface area (Å²) >= 11 is 0. The van der Waals surface area contributed by atoms with Gasteiger partial charge in [-0.1, -0.05) is 12.1 Å². The highest BCUT2D eigenvalue weighted by Gasteiger charge is 2.06. The second kappa shape index (κ2) is 6.34. The first-order valence-electron chi connectivity index (χ1n) is 5.91. The van der Waals surface area contributed by atoms with E-state index in [4.69, 9.17) is 10.00 Å². The average molecular weight is 268 g/mol. The van der Waals surface area contributed by atoms with Crippen LogP contribution in [0, 0.1) is 11.3 Å². The van der Waals surface area contributed by atoms with E-state index in [1.165, 1.54) is 7.11 Å². The van der Waals surface area contributed by atoms with Crippen LogP contribution in [0.1, 0.15) is 11.1 Å². The van der Waals surface area contributed by atoms with E-state index in [0.29, 0.717) is 11.3 Å². The Labute approximate surface area is 116 Å². The molecule has 2 aromatic rings. The number of hydrogen-bond acceptors (Lipinski definition) is 5. The van der Waals surface area contributed by atoms with Crippen molar-refractivity contribution in [1.29, 1.82) is 5.26 Å². The first-order chi connectivity index (χ1) is 9.72. The molecule has 100 valence electrons. The van der Waals surface area contributed by atoms with Gasteiger partial charge >= 0.3 is 5.97 Å². The molecule has 0 fully saturated rings. The first kappa shape index (κ1) is 13.6. The van der Waals surface area contributed by atoms with Gasteiger partial charge in [-0.2, -0.15) is 5.26 Å². The largest absolute Gasteiger partial charge is 0.469 e. The fraction of sp³-hybridized carbons (Fsp3) is 0.133. The van der Waals surface area contributed by atoms with Gasteiger partial charge in [-0.15, -0.1) is 0 Å². The Kier molecular flexibility index (Phi) is 4.30. The Morgan fingerprint density at radius 2 is 2.05 bits per heavy atom. The van der Waals surface area contributed by atoms with Crippen molar-refractivity contribution in [3.05, 3.63) is 53.7 Å². The molecule has 0 aliphatic heterocycles. The SMILES string of the molecule is COC(=O)Cc1ccc(Oc2ncccc2C#N)cc1. The molecule has 0 saturated carbocycles. The maximum Gasteiger partial charge on any atom is 0.309 e. The summed E-state index contributed by atoms with van der Waals surface area (Å²) in [6.45, 7) is 0. The zero-order valence-electron chi connectivity index (χ0n) is 10.9. The predicted molar refractivity (Wildman–Crippen MR) is 71.2 cm³/mol. The summed E-state index contributed by atoms with van der Waals surface area (Å²) in [7, 11) is 1.35. The molecular formula is C15H12N2O3. The molecule has 5 nitrogen and oxygen atoms in total. The Morgan fingerprint density at radius 1 is 1.30 bits per heavy atom. The van der Waals surface area contributed by atoms with Gasteiger partial charge in [0.15, 0.2) is 0 Å². The van der Waals surface area contributed by atoms with Crippen LogP contribution in [-0.2, 0) is 16.0 Å². The standard InChI is InChI=1S/C15H12N2O3/c1-19-14(18)9-11-4-6-13(7-5-11)20-15-12(10-16)3-2-8-17-15/h2-8H,9H2,1H3. The second-order valence-electron chi connectivity index (χ2n) is 3.97. The Morgan fingerprint density at radius 3 is 2.70 bits per heavy atom. The molecule has 0 N–H and O–H groups in total. The van der Waals surface area contributed by atoms with Crippen LogP contribution in [0.3, 0.4) is 0 Å². The van der Waals surface area contributed by atoms with Gasteiger partial charge in [0.2, 0.25) is 5.88 Å². The first-order valence-corrected chi connectivity index (χ1v) is 5.91. The van der Waals surface area contributed by atoms with Gasteiger partial charge in [0, 0.05) is 6.20 Å². The molecule has 0 bridgehead atoms. The number of nitrogens with zero attached hydrogens (tertiary/aromatic N) is 2. The van der Waals surface area contributed by atoms with Gasteiger partial charge in [-0.3, -0.25) is 4.79 Å². The number of rotatable bonds is 4. The summed E-state index contributed by atoms with van der Waals surface area (Å²) < 4.78 is 10.1. The van der Waals surface area contributed by atoms with Crippen LogP contribution >= 0.6 is 0 Å². The number of methoxy groups -OCH3 is 1. The van der Waals surface area contributed by atoms with E-state index in [0.717, 1.165) is 5.56 Å². The highest BCUT2D eigenvalue weighted by molar-refractivity contribution is 5.72. The smallest absolute Gasteiger partial charge is 0.309 e. The summed E-state index contributed by atoms with van der Waals surface area (Å²) in [5.41, 5.74) is 1.19. The minimum atomic E-state index is -0.296. The van der Waals surface area contributed by atoms with Crippen molar-refractivity contribution in [3.63, 3.8) is 0 Å². The molecule has 0 atom stereocenters. The van der Waals surface area contributed by atoms with Crippen LogP contribution in [0.5, 0.6) is 11.6 Å². The third-order valence-corrected chi connectivity index (χ3v) is 2.61. The molecule has 1 aromatic heterocycles. The van der Waals surface area contributed by atoms with Gasteiger partial charge in [0.05, 0.1) is 13.5 Å². The van der Waals surface area contributed by atoms with E-state index in [1.54, 1.807) is 42.6 Å². The normalized spacial score (nSPS) is 9.60. The van der Waals surface area contributed by atoms with Gasteiger partial charge < -0.3 is 9.47 Å². The van der Waals surface area contributed by atoms with Crippen LogP contribution in [0.2, 0.25) is 0 Å². The number of pyridine rings is 1. The van der Waals surface area contributed by atoms with Crippen molar-refractivity contribution in [2.45, 2.75) is 6.42 Å². The quantitative estimate of drug-likeness (QED) is 0.796. The van der Waals surface area contributed by atoms with Crippen LogP contribution in [0.4, 0.5) is 0 Å². The summed E-state index contributed by atoms with van der Waals surface area (Å²) in [4.78, 5) is 15.2. The Hall–Kier alpha value is -2.87. The van der Waals surface area contributed by atoms with Crippen molar-refractivity contribution >= 4 is 5.97 Å². The molecule has 0 radical (unpaired) electrons. The zero-order valence-corrected chi connectivity index (χ0v) is 10.9. The van der Waals surface area contributed by atoms with Crippen molar-refractivity contribution in [2.75, 3.05) is 7.11 Å². The van der Waals surface area contributed by atoms with Crippen LogP contribution < -0.4 is 4.74 Å². The van der Waals surface area contributed by atoms with Crippen molar-refractivity contribution < 1.29 is 14.3 Å². The van der Waals surface area contributed by atoms with E-state index in [9.17, 15) is 4.79 Å². The van der Waals surface area contributed by atoms with Gasteiger partial charge in [-0.25, -0.2) is 4.98 Å². The lowest BCUT2D eigenvalue weighted by Gasteiger charge is -2.06. The lowest BCUT2D eigenvalue weighted by atomic mass is 10.1. The fourth-order valence-corrected chi connectivity index (χ4v) is 1.58. The molecular weight excluding hydrogens is 256 g/mol. The van der Waals surface area contributed by atoms with E-state index in [1.807, 2.05) is 6.07 Å². The zero-order chi connectivity index (χ0) is 14.4. The Balaban J connectivity index is 2.11. The molecule has 0 unspecified atom stereocenters. The molecule has 0 spiro atoms. The maximum absolute atomic E-state index is 11.1. The number of benzene rings is 1. The molecule has 0 aliphatic rings. The summed E-state index contributed by atoms with van der Waals surface area (Å²) in [5.74, 6) is 0.514. The molecule has 1 aromatic carbocycles. The number of carbonyl (C=O) groups is 1. The minimum Gasteiger partial charge on any atom is -0.469 e. The number of nitriles is 1. The fourth-order valence-electron chi connectivity index (χ4n) is 1.58. The Bertz CT molecular complexity index is 645. The summed E-state index contributed by atoms with van der Waals surface area (Å²) in [6, 6.07) is 12.3. The summed E-state index contributed by atoms with van der Waals surface area (Å²) in [5, 5.41) is 8.95. The van der Waals surface area contributed by atoms with E-state index < -0.39 is 0 Å². The van der Waals surface area contributed by atoms with E-state index in [-0.39, 0.29) is 18.3 Å². The van der Waals surface area contributed by atoms with Crippen molar-refractivity contribution in [3.8, 4) is 17.7 Å². The topological polar surface area (TPSA) is 72.2 Å². The van der Waals surface area contributed by atoms with Crippen LogP contribution in [0.25, 0.3) is 0 Å². The van der Waals surface area contributed by atoms with Gasteiger partial charge in [0.25, 0.3) is 0 Å². The molecule has 5 heteroatoms. The molecule has 20 heavy (non-hydrogen) atoms. The second-order valence-corrected chi connectivity index (χ2v) is 3.97. The molecule has 1 heterocycles. The summed E-state index contributed by atoms with van der Waals surface area (Å²) in [6.07, 6.45) is 1.77. The van der Waals surface area contributed by atoms with Crippen LogP contribution in [-0.4, -0.2) is 18.1 Å². The number of hydrogen-bond donors (Lipinski definition) is 0. The average Bonchev–Trinajstić information content (AvgIpc) is 2.49. The van der Waals surface area contributed by atoms with Crippen molar-refractivity contribution in [2.24, 2.45) is 0 Å². The third kappa shape index (κ3) is 3.33. The lowest BCUT2D eigenvalue weighted by Crippen LogP contribution is -2.04. The number of carbonyl (C=O) groups excluding carboxylic acids is 1. The maximum atomic E-state index is 11.1. The van der Waals surface area contributed by atoms with E-state index in [2.05, 4.69) is 9.72 Å². The lowest BCUT2D eigenvalue weighted by molar-refractivity contribution is -0.139.